The van der Waals surface area contributed by atoms with Crippen molar-refractivity contribution in [2.24, 2.45) is 0 Å². The summed E-state index contributed by atoms with van der Waals surface area (Å²) >= 11 is 0. The summed E-state index contributed by atoms with van der Waals surface area (Å²) in [5.41, 5.74) is 15.3. The van der Waals surface area contributed by atoms with E-state index in [0.717, 1.165) is 22.6 Å². The number of nitrogens with zero attached hydrogens (tertiary/aromatic N) is 1. The van der Waals surface area contributed by atoms with Crippen LogP contribution in [0.1, 0.15) is 0 Å². The first kappa shape index (κ1) is 38.2. The van der Waals surface area contributed by atoms with Crippen LogP contribution in [0, 0.1) is 0 Å². The molecular formula is C64H43N. The Kier molecular flexibility index (Phi) is 9.58. The molecule has 12 aromatic carbocycles. The summed E-state index contributed by atoms with van der Waals surface area (Å²) in [6, 6.07) is 95.4. The molecule has 0 aliphatic heterocycles. The van der Waals surface area contributed by atoms with Gasteiger partial charge >= 0.3 is 0 Å². The molecule has 65 heavy (non-hydrogen) atoms. The second-order valence-corrected chi connectivity index (χ2v) is 16.8. The molecule has 12 aromatic rings. The van der Waals surface area contributed by atoms with E-state index in [4.69, 9.17) is 0 Å². The minimum Gasteiger partial charge on any atom is -0.310 e. The standard InChI is InChI=1S/C64H43N/c1-6-18-44(19-7-1)51-33-38-56-60(41-51)61-42-52(45-20-8-2-9-21-45)34-39-57(61)64-62(58(47-23-10-3-11-24-47)43-59(63(56)64)48-25-12-4-13-26-48)49-31-35-54(36-32-49)65(53-28-14-5-15-29-53)55-37-30-46-22-16-17-27-50(46)40-55/h1-43H. The van der Waals surface area contributed by atoms with Gasteiger partial charge in [0.15, 0.2) is 0 Å². The summed E-state index contributed by atoms with van der Waals surface area (Å²) in [6.07, 6.45) is 0. The van der Waals surface area contributed by atoms with E-state index in [2.05, 4.69) is 266 Å². The van der Waals surface area contributed by atoms with E-state index in [0.29, 0.717) is 0 Å². The van der Waals surface area contributed by atoms with Gasteiger partial charge in [0, 0.05) is 17.1 Å². The van der Waals surface area contributed by atoms with Crippen molar-refractivity contribution in [3.63, 3.8) is 0 Å². The van der Waals surface area contributed by atoms with Crippen LogP contribution in [0.2, 0.25) is 0 Å². The second kappa shape index (κ2) is 16.3. The quantitative estimate of drug-likeness (QED) is 0.138. The van der Waals surface area contributed by atoms with E-state index in [1.807, 2.05) is 0 Å². The Morgan fingerprint density at radius 3 is 1.22 bits per heavy atom. The third-order valence-electron chi connectivity index (χ3n) is 13.0. The highest BCUT2D eigenvalue weighted by Gasteiger charge is 2.23. The van der Waals surface area contributed by atoms with Crippen molar-refractivity contribution >= 4 is 60.2 Å². The maximum atomic E-state index is 2.45. The number of para-hydroxylation sites is 1. The summed E-state index contributed by atoms with van der Waals surface area (Å²) in [5, 5.41) is 9.89. The summed E-state index contributed by atoms with van der Waals surface area (Å²) in [7, 11) is 0. The highest BCUT2D eigenvalue weighted by molar-refractivity contribution is 6.33. The number of rotatable bonds is 8. The molecule has 0 amide bonds. The number of anilines is 3. The first-order chi connectivity index (χ1) is 32.2. The van der Waals surface area contributed by atoms with Crippen LogP contribution in [0.4, 0.5) is 17.1 Å². The molecule has 0 saturated heterocycles. The van der Waals surface area contributed by atoms with Crippen LogP contribution in [0.25, 0.3) is 98.7 Å². The molecule has 0 fully saturated rings. The molecule has 0 spiro atoms. The lowest BCUT2D eigenvalue weighted by Crippen LogP contribution is -2.09. The largest absolute Gasteiger partial charge is 0.310 e. The number of benzene rings is 12. The van der Waals surface area contributed by atoms with Crippen molar-refractivity contribution in [3.8, 4) is 55.6 Å². The third kappa shape index (κ3) is 6.92. The van der Waals surface area contributed by atoms with Crippen molar-refractivity contribution in [2.75, 3.05) is 4.90 Å². The van der Waals surface area contributed by atoms with E-state index in [9.17, 15) is 0 Å². The average molecular weight is 826 g/mol. The molecule has 0 heterocycles. The molecule has 304 valence electrons. The van der Waals surface area contributed by atoms with E-state index in [1.165, 1.54) is 93.2 Å². The minimum atomic E-state index is 1.10. The van der Waals surface area contributed by atoms with E-state index >= 15 is 0 Å². The van der Waals surface area contributed by atoms with Crippen molar-refractivity contribution in [1.82, 2.24) is 0 Å². The van der Waals surface area contributed by atoms with E-state index < -0.39 is 0 Å². The normalized spacial score (nSPS) is 11.4. The monoisotopic (exact) mass is 825 g/mol. The Labute approximate surface area is 379 Å². The van der Waals surface area contributed by atoms with Crippen LogP contribution in [-0.4, -0.2) is 0 Å². The maximum absolute atomic E-state index is 2.45. The molecule has 0 aliphatic rings. The zero-order chi connectivity index (χ0) is 43.1. The van der Waals surface area contributed by atoms with Crippen LogP contribution in [0.3, 0.4) is 0 Å². The molecule has 0 aliphatic carbocycles. The molecule has 0 unspecified atom stereocenters. The molecule has 0 bridgehead atoms. The predicted molar refractivity (Wildman–Crippen MR) is 278 cm³/mol. The van der Waals surface area contributed by atoms with Crippen LogP contribution in [0.5, 0.6) is 0 Å². The van der Waals surface area contributed by atoms with Crippen molar-refractivity contribution in [1.29, 1.82) is 0 Å². The molecule has 12 rings (SSSR count). The Morgan fingerprint density at radius 2 is 0.646 bits per heavy atom. The summed E-state index contributed by atoms with van der Waals surface area (Å²) in [6.45, 7) is 0. The van der Waals surface area contributed by atoms with Gasteiger partial charge in [-0.1, -0.05) is 206 Å². The van der Waals surface area contributed by atoms with Gasteiger partial charge in [0.2, 0.25) is 0 Å². The van der Waals surface area contributed by atoms with Gasteiger partial charge in [-0.05, 0) is 153 Å². The highest BCUT2D eigenvalue weighted by atomic mass is 15.1. The third-order valence-corrected chi connectivity index (χ3v) is 13.0. The smallest absolute Gasteiger partial charge is 0.0468 e. The lowest BCUT2D eigenvalue weighted by Gasteiger charge is -2.26. The number of fused-ring (bicyclic) bond motifs is 7. The molecule has 0 aromatic heterocycles. The molecule has 1 nitrogen and oxygen atoms in total. The van der Waals surface area contributed by atoms with Gasteiger partial charge in [0.25, 0.3) is 0 Å². The second-order valence-electron chi connectivity index (χ2n) is 16.8. The van der Waals surface area contributed by atoms with Crippen LogP contribution in [0.15, 0.2) is 261 Å². The lowest BCUT2D eigenvalue weighted by molar-refractivity contribution is 1.29. The van der Waals surface area contributed by atoms with Crippen molar-refractivity contribution in [2.45, 2.75) is 0 Å². The van der Waals surface area contributed by atoms with Gasteiger partial charge in [-0.3, -0.25) is 0 Å². The van der Waals surface area contributed by atoms with Gasteiger partial charge in [-0.15, -0.1) is 0 Å². The molecule has 0 N–H and O–H groups in total. The van der Waals surface area contributed by atoms with Gasteiger partial charge in [-0.25, -0.2) is 0 Å². The first-order valence-corrected chi connectivity index (χ1v) is 22.4. The van der Waals surface area contributed by atoms with Gasteiger partial charge in [0.05, 0.1) is 0 Å². The fourth-order valence-electron chi connectivity index (χ4n) is 9.93. The van der Waals surface area contributed by atoms with Crippen LogP contribution in [-0.2, 0) is 0 Å². The molecule has 0 radical (unpaired) electrons. The van der Waals surface area contributed by atoms with Gasteiger partial charge in [0.1, 0.15) is 0 Å². The summed E-state index contributed by atoms with van der Waals surface area (Å²) in [4.78, 5) is 2.36. The molecule has 0 atom stereocenters. The van der Waals surface area contributed by atoms with E-state index in [1.54, 1.807) is 0 Å². The molecule has 1 heteroatoms. The number of hydrogen-bond donors (Lipinski definition) is 0. The van der Waals surface area contributed by atoms with Crippen molar-refractivity contribution in [3.05, 3.63) is 261 Å². The van der Waals surface area contributed by atoms with Gasteiger partial charge in [-0.2, -0.15) is 0 Å². The maximum Gasteiger partial charge on any atom is 0.0468 e. The zero-order valence-corrected chi connectivity index (χ0v) is 35.8. The SMILES string of the molecule is c1ccc(-c2ccc3c(c2)c2cc(-c4ccccc4)ccc2c2c(-c4ccc(N(c5ccccc5)c5ccc6ccccc6c5)cc4)c(-c4ccccc4)cc(-c4ccccc4)c32)cc1. The van der Waals surface area contributed by atoms with E-state index in [-0.39, 0.29) is 0 Å². The molecule has 0 saturated carbocycles. The van der Waals surface area contributed by atoms with Crippen molar-refractivity contribution < 1.29 is 0 Å². The average Bonchev–Trinajstić information content (AvgIpc) is 3.39. The van der Waals surface area contributed by atoms with Crippen LogP contribution >= 0.6 is 0 Å². The molecular weight excluding hydrogens is 783 g/mol. The Morgan fingerprint density at radius 1 is 0.215 bits per heavy atom. The number of hydrogen-bond acceptors (Lipinski definition) is 1. The fourth-order valence-corrected chi connectivity index (χ4v) is 9.93. The fraction of sp³-hybridized carbons (Fsp3) is 0. The summed E-state index contributed by atoms with van der Waals surface area (Å²) < 4.78 is 0. The highest BCUT2D eigenvalue weighted by Crippen LogP contribution is 2.50. The lowest BCUT2D eigenvalue weighted by atomic mass is 9.80. The Hall–Kier alpha value is -8.52. The summed E-state index contributed by atoms with van der Waals surface area (Å²) in [5.74, 6) is 0. The Bertz CT molecular complexity index is 3650. The van der Waals surface area contributed by atoms with Crippen LogP contribution < -0.4 is 4.90 Å². The zero-order valence-electron chi connectivity index (χ0n) is 35.8. The topological polar surface area (TPSA) is 3.24 Å². The Balaban J connectivity index is 1.18. The minimum absolute atomic E-state index is 1.10. The first-order valence-electron chi connectivity index (χ1n) is 22.4. The van der Waals surface area contributed by atoms with Gasteiger partial charge < -0.3 is 4.90 Å². The predicted octanol–water partition coefficient (Wildman–Crippen LogP) is 18.1.